The summed E-state index contributed by atoms with van der Waals surface area (Å²) in [6, 6.07) is 9.25. The number of carbonyl (C=O) groups excluding carboxylic acids is 1. The van der Waals surface area contributed by atoms with Crippen LogP contribution in [0.2, 0.25) is 0 Å². The molecule has 4 nitrogen and oxygen atoms in total. The van der Waals surface area contributed by atoms with E-state index in [0.717, 1.165) is 5.56 Å². The topological polar surface area (TPSA) is 63.6 Å². The summed E-state index contributed by atoms with van der Waals surface area (Å²) in [4.78, 5) is 23.2. The molecule has 0 aliphatic carbocycles. The van der Waals surface area contributed by atoms with E-state index in [9.17, 15) is 14.7 Å². The molecular weight excluding hydrogens is 244 g/mol. The fourth-order valence-corrected chi connectivity index (χ4v) is 1.96. The molecule has 0 aromatic heterocycles. The zero-order valence-electron chi connectivity index (χ0n) is 10.4. The van der Waals surface area contributed by atoms with Gasteiger partial charge in [0.2, 0.25) is 0 Å². The van der Waals surface area contributed by atoms with Gasteiger partial charge in [-0.2, -0.15) is 0 Å². The van der Waals surface area contributed by atoms with Gasteiger partial charge in [0.25, 0.3) is 0 Å². The molecule has 1 heterocycles. The molecule has 1 aromatic carbocycles. The van der Waals surface area contributed by atoms with Gasteiger partial charge < -0.3 is 9.84 Å². The maximum absolute atomic E-state index is 11.9. The fourth-order valence-electron chi connectivity index (χ4n) is 1.96. The minimum atomic E-state index is -1.50. The molecule has 0 bridgehead atoms. The predicted octanol–water partition coefficient (Wildman–Crippen LogP) is 1.49. The Bertz CT molecular complexity index is 538. The molecule has 0 amide bonds. The molecule has 1 aliphatic heterocycles. The van der Waals surface area contributed by atoms with E-state index in [4.69, 9.17) is 4.74 Å². The highest BCUT2D eigenvalue weighted by Gasteiger charge is 2.47. The molecule has 1 atom stereocenters. The van der Waals surface area contributed by atoms with Crippen molar-refractivity contribution in [1.82, 2.24) is 0 Å². The smallest absolute Gasteiger partial charge is 0.320 e. The number of ketones is 1. The molecular formula is C15H14O4. The van der Waals surface area contributed by atoms with Crippen LogP contribution in [0.1, 0.15) is 18.4 Å². The lowest BCUT2D eigenvalue weighted by Crippen LogP contribution is -2.46. The third-order valence-corrected chi connectivity index (χ3v) is 3.16. The van der Waals surface area contributed by atoms with Gasteiger partial charge in [-0.1, -0.05) is 30.0 Å². The first kappa shape index (κ1) is 13.3. The molecule has 1 saturated heterocycles. The quantitative estimate of drug-likeness (QED) is 0.645. The number of hydrogen-bond acceptors (Lipinski definition) is 3. The van der Waals surface area contributed by atoms with E-state index in [1.54, 1.807) is 0 Å². The summed E-state index contributed by atoms with van der Waals surface area (Å²) in [5, 5.41) is 9.29. The van der Waals surface area contributed by atoms with E-state index >= 15 is 0 Å². The van der Waals surface area contributed by atoms with Gasteiger partial charge in [0.05, 0.1) is 13.2 Å². The second-order valence-electron chi connectivity index (χ2n) is 4.46. The Morgan fingerprint density at radius 2 is 2.11 bits per heavy atom. The van der Waals surface area contributed by atoms with Crippen LogP contribution < -0.4 is 0 Å². The van der Waals surface area contributed by atoms with E-state index in [1.165, 1.54) is 0 Å². The second kappa shape index (κ2) is 5.68. The Morgan fingerprint density at radius 1 is 1.37 bits per heavy atom. The van der Waals surface area contributed by atoms with Crippen molar-refractivity contribution >= 4 is 11.8 Å². The van der Waals surface area contributed by atoms with Gasteiger partial charge in [-0.3, -0.25) is 9.59 Å². The third-order valence-electron chi connectivity index (χ3n) is 3.16. The van der Waals surface area contributed by atoms with Crippen LogP contribution in [-0.2, 0) is 14.3 Å². The van der Waals surface area contributed by atoms with Crippen molar-refractivity contribution in [2.75, 3.05) is 13.2 Å². The van der Waals surface area contributed by atoms with Gasteiger partial charge in [-0.05, 0) is 12.1 Å². The monoisotopic (exact) mass is 258 g/mol. The zero-order valence-corrected chi connectivity index (χ0v) is 10.4. The van der Waals surface area contributed by atoms with Crippen molar-refractivity contribution in [2.24, 2.45) is 5.41 Å². The number of ether oxygens (including phenoxy) is 1. The minimum absolute atomic E-state index is 0.0178. The first-order chi connectivity index (χ1) is 9.15. The van der Waals surface area contributed by atoms with Gasteiger partial charge >= 0.3 is 5.97 Å². The lowest BCUT2D eigenvalue weighted by atomic mass is 9.78. The molecule has 0 radical (unpaired) electrons. The van der Waals surface area contributed by atoms with Crippen LogP contribution in [0.3, 0.4) is 0 Å². The number of Topliss-reactive ketones (excluding diaryl/α,β-unsaturated/α-hetero) is 1. The molecule has 0 spiro atoms. The maximum atomic E-state index is 11.9. The van der Waals surface area contributed by atoms with Crippen molar-refractivity contribution in [2.45, 2.75) is 12.8 Å². The maximum Gasteiger partial charge on any atom is 0.320 e. The molecule has 4 heteroatoms. The minimum Gasteiger partial charge on any atom is -0.480 e. The predicted molar refractivity (Wildman–Crippen MR) is 68.4 cm³/mol. The lowest BCUT2D eigenvalue weighted by Gasteiger charge is -2.29. The Hall–Kier alpha value is -2.12. The summed E-state index contributed by atoms with van der Waals surface area (Å²) in [7, 11) is 0. The number of carbonyl (C=O) groups is 2. The number of rotatable bonds is 2. The summed E-state index contributed by atoms with van der Waals surface area (Å²) in [5.41, 5.74) is -0.702. The van der Waals surface area contributed by atoms with E-state index in [2.05, 4.69) is 11.8 Å². The molecule has 1 aromatic rings. The van der Waals surface area contributed by atoms with Crippen molar-refractivity contribution in [3.8, 4) is 11.8 Å². The molecule has 2 rings (SSSR count). The standard InChI is InChI=1S/C15H14O4/c16-13-8-10-19-11-15(13,14(17)18)9-4-7-12-5-2-1-3-6-12/h1-3,5-6H,8-11H2,(H,17,18). The molecule has 1 aliphatic rings. The Labute approximate surface area is 111 Å². The Morgan fingerprint density at radius 3 is 2.74 bits per heavy atom. The molecule has 1 fully saturated rings. The number of carboxylic acid groups (broad SMARTS) is 1. The first-order valence-electron chi connectivity index (χ1n) is 6.03. The molecule has 0 saturated carbocycles. The van der Waals surface area contributed by atoms with Gasteiger partial charge in [-0.25, -0.2) is 0 Å². The van der Waals surface area contributed by atoms with Crippen molar-refractivity contribution in [1.29, 1.82) is 0 Å². The van der Waals surface area contributed by atoms with E-state index in [-0.39, 0.29) is 25.2 Å². The van der Waals surface area contributed by atoms with E-state index in [1.807, 2.05) is 30.3 Å². The molecule has 19 heavy (non-hydrogen) atoms. The highest BCUT2D eigenvalue weighted by Crippen LogP contribution is 2.29. The summed E-state index contributed by atoms with van der Waals surface area (Å²) < 4.78 is 5.15. The average Bonchev–Trinajstić information content (AvgIpc) is 2.42. The van der Waals surface area contributed by atoms with E-state index in [0.29, 0.717) is 6.61 Å². The van der Waals surface area contributed by atoms with Crippen LogP contribution in [-0.4, -0.2) is 30.1 Å². The first-order valence-corrected chi connectivity index (χ1v) is 6.03. The summed E-state index contributed by atoms with van der Waals surface area (Å²) in [5.74, 6) is 4.21. The number of hydrogen-bond donors (Lipinski definition) is 1. The zero-order chi connectivity index (χ0) is 13.7. The van der Waals surface area contributed by atoms with Crippen molar-refractivity contribution < 1.29 is 19.4 Å². The van der Waals surface area contributed by atoms with Crippen molar-refractivity contribution in [3.63, 3.8) is 0 Å². The van der Waals surface area contributed by atoms with Crippen LogP contribution in [0.25, 0.3) is 0 Å². The SMILES string of the molecule is O=C(O)C1(CC#Cc2ccccc2)COCCC1=O. The highest BCUT2D eigenvalue weighted by atomic mass is 16.5. The van der Waals surface area contributed by atoms with E-state index < -0.39 is 11.4 Å². The second-order valence-corrected chi connectivity index (χ2v) is 4.46. The third kappa shape index (κ3) is 2.83. The van der Waals surface area contributed by atoms with Crippen LogP contribution in [0, 0.1) is 17.3 Å². The van der Waals surface area contributed by atoms with Crippen LogP contribution in [0.5, 0.6) is 0 Å². The highest BCUT2D eigenvalue weighted by molar-refractivity contribution is 6.04. The Balaban J connectivity index is 2.17. The van der Waals surface area contributed by atoms with Crippen LogP contribution >= 0.6 is 0 Å². The van der Waals surface area contributed by atoms with Gasteiger partial charge in [0.15, 0.2) is 11.2 Å². The number of aliphatic carboxylic acids is 1. The Kier molecular flexibility index (Phi) is 3.98. The van der Waals surface area contributed by atoms with Gasteiger partial charge in [0.1, 0.15) is 0 Å². The average molecular weight is 258 g/mol. The number of carboxylic acids is 1. The van der Waals surface area contributed by atoms with Gasteiger partial charge in [-0.15, -0.1) is 0 Å². The largest absolute Gasteiger partial charge is 0.480 e. The molecule has 1 unspecified atom stereocenters. The fraction of sp³-hybridized carbons (Fsp3) is 0.333. The van der Waals surface area contributed by atoms with Crippen LogP contribution in [0.15, 0.2) is 30.3 Å². The van der Waals surface area contributed by atoms with Crippen molar-refractivity contribution in [3.05, 3.63) is 35.9 Å². The molecule has 98 valence electrons. The summed E-state index contributed by atoms with van der Waals surface area (Å²) in [6.07, 6.45) is 0.120. The lowest BCUT2D eigenvalue weighted by molar-refractivity contribution is -0.163. The summed E-state index contributed by atoms with van der Waals surface area (Å²) in [6.45, 7) is 0.199. The van der Waals surface area contributed by atoms with Gasteiger partial charge in [0, 0.05) is 18.4 Å². The van der Waals surface area contributed by atoms with Crippen LogP contribution in [0.4, 0.5) is 0 Å². The number of benzene rings is 1. The molecule has 1 N–H and O–H groups in total. The summed E-state index contributed by atoms with van der Waals surface area (Å²) >= 11 is 0. The normalized spacial score (nSPS) is 22.4.